The summed E-state index contributed by atoms with van der Waals surface area (Å²) in [6.45, 7) is 3.77. The Morgan fingerprint density at radius 2 is 1.16 bits per heavy atom. The summed E-state index contributed by atoms with van der Waals surface area (Å²) in [5, 5.41) is 32.1. The highest BCUT2D eigenvalue weighted by atomic mass is 16.6. The van der Waals surface area contributed by atoms with Crippen molar-refractivity contribution in [3.8, 4) is 0 Å². The number of carbonyl (C=O) groups is 2. The van der Waals surface area contributed by atoms with E-state index in [1.54, 1.807) is 0 Å². The minimum Gasteiger partial charge on any atom is -0.462 e. The van der Waals surface area contributed by atoms with Crippen LogP contribution in [0.15, 0.2) is 0 Å². The van der Waals surface area contributed by atoms with Gasteiger partial charge in [0.25, 0.3) is 0 Å². The lowest BCUT2D eigenvalue weighted by atomic mass is 9.96. The van der Waals surface area contributed by atoms with Crippen LogP contribution in [0.4, 0.5) is 0 Å². The predicted octanol–water partition coefficient (Wildman–Crippen LogP) is 7.12. The molecule has 0 amide bonds. The molecule has 3 heterocycles. The molecule has 3 N–H and O–H groups in total. The number of Topliss-reactive ketones (excluding diaryl/α,β-unsaturated/α-hetero) is 1. The number of ketones is 1. The van der Waals surface area contributed by atoms with Crippen LogP contribution in [0.25, 0.3) is 0 Å². The third-order valence-corrected chi connectivity index (χ3v) is 10.4. The van der Waals surface area contributed by atoms with E-state index in [2.05, 4.69) is 6.92 Å². The van der Waals surface area contributed by atoms with Crippen LogP contribution in [-0.4, -0.2) is 75.9 Å². The second kappa shape index (κ2) is 21.7. The Balaban J connectivity index is 1.16. The minimum atomic E-state index is -0.625. The fourth-order valence-corrected chi connectivity index (χ4v) is 7.56. The van der Waals surface area contributed by atoms with Crippen LogP contribution in [-0.2, 0) is 23.8 Å². The number of hydrogen-bond acceptors (Lipinski definition) is 8. The first-order valence-electron chi connectivity index (χ1n) is 18.8. The van der Waals surface area contributed by atoms with Gasteiger partial charge in [0.2, 0.25) is 0 Å². The van der Waals surface area contributed by atoms with Crippen molar-refractivity contribution in [2.24, 2.45) is 5.92 Å². The maximum Gasteiger partial charge on any atom is 0.309 e. The second-order valence-corrected chi connectivity index (χ2v) is 14.4. The first-order valence-corrected chi connectivity index (χ1v) is 18.8. The number of ether oxygens (including phenoxy) is 3. The molecule has 0 aromatic heterocycles. The van der Waals surface area contributed by atoms with Crippen LogP contribution in [0, 0.1) is 5.92 Å². The Labute approximate surface area is 273 Å². The monoisotopic (exact) mass is 638 g/mol. The van der Waals surface area contributed by atoms with Crippen molar-refractivity contribution in [3.05, 3.63) is 0 Å². The summed E-state index contributed by atoms with van der Waals surface area (Å²) in [6.07, 6.45) is 21.5. The number of rotatable bonds is 25. The molecule has 3 saturated heterocycles. The predicted molar refractivity (Wildman–Crippen MR) is 176 cm³/mol. The lowest BCUT2D eigenvalue weighted by Gasteiger charge is -2.24. The molecule has 0 aliphatic carbocycles. The van der Waals surface area contributed by atoms with Crippen LogP contribution >= 0.6 is 0 Å². The Morgan fingerprint density at radius 3 is 1.76 bits per heavy atom. The Morgan fingerprint density at radius 1 is 0.667 bits per heavy atom. The molecule has 262 valence electrons. The molecule has 0 aromatic rings. The first kappa shape index (κ1) is 38.4. The smallest absolute Gasteiger partial charge is 0.309 e. The lowest BCUT2D eigenvalue weighted by Crippen LogP contribution is -2.33. The number of cyclic esters (lactones) is 1. The summed E-state index contributed by atoms with van der Waals surface area (Å²) in [4.78, 5) is 23.2. The number of unbranched alkanes of at least 4 members (excludes halogenated alkanes) is 11. The van der Waals surface area contributed by atoms with E-state index in [0.29, 0.717) is 25.7 Å². The van der Waals surface area contributed by atoms with Gasteiger partial charge in [-0.15, -0.1) is 0 Å². The van der Waals surface area contributed by atoms with Crippen LogP contribution in [0.2, 0.25) is 0 Å². The molecular weight excluding hydrogens is 572 g/mol. The van der Waals surface area contributed by atoms with Crippen LogP contribution in [0.3, 0.4) is 0 Å². The van der Waals surface area contributed by atoms with Crippen molar-refractivity contribution in [1.82, 2.24) is 0 Å². The Bertz CT molecular complexity index is 820. The molecule has 0 bridgehead atoms. The van der Waals surface area contributed by atoms with Gasteiger partial charge in [0.05, 0.1) is 48.6 Å². The third kappa shape index (κ3) is 14.7. The molecule has 3 rings (SSSR count). The standard InChI is InChI=1S/C37H66O8/c1-3-4-5-6-7-8-12-15-18-31(39)35-23-24-36(45-35)33(41)21-20-32(40)34-22-19-29(43-34)16-13-10-9-11-14-17-30-26-28(25-27(2)38)37(42)44-30/h28-36,39-41H,3-26H2,1-2H3/t28?,29?,30?,31-,32-,33+,34-,35+,36+/m0/s1. The zero-order valence-corrected chi connectivity index (χ0v) is 28.5. The van der Waals surface area contributed by atoms with Gasteiger partial charge < -0.3 is 34.3 Å². The molecule has 3 unspecified atom stereocenters. The van der Waals surface area contributed by atoms with Crippen LogP contribution < -0.4 is 0 Å². The summed E-state index contributed by atoms with van der Waals surface area (Å²) >= 11 is 0. The van der Waals surface area contributed by atoms with Gasteiger partial charge in [-0.05, 0) is 77.6 Å². The molecule has 0 saturated carbocycles. The number of aliphatic hydroxyl groups excluding tert-OH is 3. The zero-order valence-electron chi connectivity index (χ0n) is 28.5. The minimum absolute atomic E-state index is 0.0249. The quantitative estimate of drug-likeness (QED) is 0.0714. The molecule has 9 atom stereocenters. The van der Waals surface area contributed by atoms with E-state index >= 15 is 0 Å². The molecule has 45 heavy (non-hydrogen) atoms. The summed E-state index contributed by atoms with van der Waals surface area (Å²) in [6, 6.07) is 0. The second-order valence-electron chi connectivity index (χ2n) is 14.4. The first-order chi connectivity index (χ1) is 21.8. The highest BCUT2D eigenvalue weighted by Gasteiger charge is 2.36. The Kier molecular flexibility index (Phi) is 18.5. The van der Waals surface area contributed by atoms with Gasteiger partial charge in [-0.1, -0.05) is 84.0 Å². The van der Waals surface area contributed by atoms with Crippen molar-refractivity contribution in [1.29, 1.82) is 0 Å². The van der Waals surface area contributed by atoms with E-state index in [1.165, 1.54) is 45.4 Å². The van der Waals surface area contributed by atoms with Gasteiger partial charge in [-0.25, -0.2) is 0 Å². The molecule has 8 heteroatoms. The summed E-state index contributed by atoms with van der Waals surface area (Å²) in [5.74, 6) is -0.398. The van der Waals surface area contributed by atoms with Crippen molar-refractivity contribution >= 4 is 11.8 Å². The number of carbonyl (C=O) groups excluding carboxylic acids is 2. The highest BCUT2D eigenvalue weighted by Crippen LogP contribution is 2.31. The maximum atomic E-state index is 11.9. The van der Waals surface area contributed by atoms with Crippen LogP contribution in [0.5, 0.6) is 0 Å². The third-order valence-electron chi connectivity index (χ3n) is 10.4. The van der Waals surface area contributed by atoms with Gasteiger partial charge >= 0.3 is 5.97 Å². The van der Waals surface area contributed by atoms with Gasteiger partial charge in [-0.3, -0.25) is 4.79 Å². The Hall–Kier alpha value is -1.06. The molecular formula is C37H66O8. The van der Waals surface area contributed by atoms with Crippen molar-refractivity contribution in [2.45, 2.75) is 217 Å². The fourth-order valence-electron chi connectivity index (χ4n) is 7.56. The van der Waals surface area contributed by atoms with E-state index in [9.17, 15) is 24.9 Å². The van der Waals surface area contributed by atoms with Crippen molar-refractivity contribution in [2.75, 3.05) is 0 Å². The van der Waals surface area contributed by atoms with Crippen LogP contribution in [0.1, 0.15) is 168 Å². The normalized spacial score (nSPS) is 28.8. The number of esters is 1. The lowest BCUT2D eigenvalue weighted by molar-refractivity contribution is -0.145. The van der Waals surface area contributed by atoms with E-state index in [1.807, 2.05) is 0 Å². The van der Waals surface area contributed by atoms with Gasteiger partial charge in [-0.2, -0.15) is 0 Å². The molecule has 8 nitrogen and oxygen atoms in total. The molecule has 0 radical (unpaired) electrons. The average molecular weight is 639 g/mol. The van der Waals surface area contributed by atoms with Crippen molar-refractivity contribution in [3.63, 3.8) is 0 Å². The number of aliphatic hydroxyl groups is 3. The molecule has 0 aromatic carbocycles. The largest absolute Gasteiger partial charge is 0.462 e. The van der Waals surface area contributed by atoms with Gasteiger partial charge in [0.15, 0.2) is 0 Å². The summed E-state index contributed by atoms with van der Waals surface area (Å²) < 4.78 is 17.7. The molecule has 3 fully saturated rings. The van der Waals surface area contributed by atoms with E-state index in [0.717, 1.165) is 89.9 Å². The maximum absolute atomic E-state index is 11.9. The van der Waals surface area contributed by atoms with Crippen molar-refractivity contribution < 1.29 is 39.1 Å². The molecule has 3 aliphatic rings. The molecule has 3 aliphatic heterocycles. The number of hydrogen-bond donors (Lipinski definition) is 3. The average Bonchev–Trinajstić information content (AvgIpc) is 3.77. The summed E-state index contributed by atoms with van der Waals surface area (Å²) in [7, 11) is 0. The van der Waals surface area contributed by atoms with E-state index in [4.69, 9.17) is 14.2 Å². The summed E-state index contributed by atoms with van der Waals surface area (Å²) in [5.41, 5.74) is 0. The van der Waals surface area contributed by atoms with Gasteiger partial charge in [0, 0.05) is 6.42 Å². The SMILES string of the molecule is CCCCCCCCCC[C@H](O)[C@H]1CC[C@H]([C@H](O)CC[C@H](O)[C@@H]2CCC(CCCCCCCC3CC(CC(C)=O)C(=O)O3)O2)O1. The topological polar surface area (TPSA) is 123 Å². The molecule has 0 spiro atoms. The van der Waals surface area contributed by atoms with E-state index in [-0.39, 0.29) is 48.2 Å². The van der Waals surface area contributed by atoms with E-state index < -0.39 is 18.3 Å². The highest BCUT2D eigenvalue weighted by molar-refractivity contribution is 5.83. The van der Waals surface area contributed by atoms with Gasteiger partial charge in [0.1, 0.15) is 11.9 Å². The fraction of sp³-hybridized carbons (Fsp3) is 0.946. The zero-order chi connectivity index (χ0) is 32.4.